The van der Waals surface area contributed by atoms with Crippen LogP contribution in [-0.4, -0.2) is 62.6 Å². The zero-order valence-electron chi connectivity index (χ0n) is 10.8. The van der Waals surface area contributed by atoms with Gasteiger partial charge in [-0.1, -0.05) is 6.92 Å². The number of likely N-dealkylation sites (N-methyl/N-ethyl adjacent to an activating group) is 1. The Balaban J connectivity index is 2.29. The Bertz CT molecular complexity index is 193. The number of aliphatic hydroxyl groups is 1. The van der Waals surface area contributed by atoms with Gasteiger partial charge in [0.15, 0.2) is 0 Å². The fourth-order valence-corrected chi connectivity index (χ4v) is 2.42. The van der Waals surface area contributed by atoms with Crippen LogP contribution in [-0.2, 0) is 4.74 Å². The Kier molecular flexibility index (Phi) is 5.69. The molecule has 0 bridgehead atoms. The maximum atomic E-state index is 10.3. The molecule has 1 aliphatic heterocycles. The first-order valence-electron chi connectivity index (χ1n) is 6.19. The highest BCUT2D eigenvalue weighted by Gasteiger charge is 2.31. The van der Waals surface area contributed by atoms with Crippen molar-refractivity contribution < 1.29 is 9.84 Å². The lowest BCUT2D eigenvalue weighted by molar-refractivity contribution is -0.0778. The van der Waals surface area contributed by atoms with Crippen molar-refractivity contribution in [2.24, 2.45) is 5.92 Å². The summed E-state index contributed by atoms with van der Waals surface area (Å²) >= 11 is 0. The number of ether oxygens (including phenoxy) is 1. The molecule has 0 aromatic carbocycles. The van der Waals surface area contributed by atoms with Gasteiger partial charge >= 0.3 is 0 Å². The van der Waals surface area contributed by atoms with E-state index in [2.05, 4.69) is 24.2 Å². The molecule has 1 aliphatic rings. The summed E-state index contributed by atoms with van der Waals surface area (Å²) in [6.07, 6.45) is 1.52. The van der Waals surface area contributed by atoms with Gasteiger partial charge in [-0.3, -0.25) is 0 Å². The molecule has 1 unspecified atom stereocenters. The van der Waals surface area contributed by atoms with Crippen molar-refractivity contribution >= 4 is 0 Å². The zero-order valence-corrected chi connectivity index (χ0v) is 10.8. The average molecular weight is 230 g/mol. The van der Waals surface area contributed by atoms with Gasteiger partial charge < -0.3 is 20.1 Å². The number of nitrogens with zero attached hydrogens (tertiary/aromatic N) is 1. The number of nitrogens with one attached hydrogen (secondary N) is 1. The highest BCUT2D eigenvalue weighted by molar-refractivity contribution is 4.84. The molecule has 4 nitrogen and oxygen atoms in total. The predicted octanol–water partition coefficient (Wildman–Crippen LogP) is 0.315. The molecule has 1 heterocycles. The van der Waals surface area contributed by atoms with E-state index >= 15 is 0 Å². The van der Waals surface area contributed by atoms with E-state index in [0.717, 1.165) is 32.5 Å². The van der Waals surface area contributed by atoms with E-state index in [4.69, 9.17) is 4.74 Å². The van der Waals surface area contributed by atoms with Crippen LogP contribution in [0.25, 0.3) is 0 Å². The first kappa shape index (κ1) is 13.9. The highest BCUT2D eigenvalue weighted by atomic mass is 16.5. The van der Waals surface area contributed by atoms with Crippen LogP contribution in [0.4, 0.5) is 0 Å². The maximum Gasteiger partial charge on any atom is 0.0817 e. The minimum absolute atomic E-state index is 0.535. The first-order valence-corrected chi connectivity index (χ1v) is 6.19. The summed E-state index contributed by atoms with van der Waals surface area (Å²) in [4.78, 5) is 2.23. The van der Waals surface area contributed by atoms with Gasteiger partial charge in [0.2, 0.25) is 0 Å². The highest BCUT2D eigenvalue weighted by Crippen LogP contribution is 2.21. The van der Waals surface area contributed by atoms with Crippen molar-refractivity contribution in [1.29, 1.82) is 0 Å². The summed E-state index contributed by atoms with van der Waals surface area (Å²) in [5.41, 5.74) is -0.535. The molecule has 1 rings (SSSR count). The third kappa shape index (κ3) is 4.78. The van der Waals surface area contributed by atoms with Gasteiger partial charge in [-0.2, -0.15) is 0 Å². The predicted molar refractivity (Wildman–Crippen MR) is 65.6 cm³/mol. The van der Waals surface area contributed by atoms with Gasteiger partial charge in [0.25, 0.3) is 0 Å². The van der Waals surface area contributed by atoms with Crippen molar-refractivity contribution in [3.8, 4) is 0 Å². The van der Waals surface area contributed by atoms with Crippen LogP contribution in [0.3, 0.4) is 0 Å². The Morgan fingerprint density at radius 2 is 2.06 bits per heavy atom. The number of hydrogen-bond donors (Lipinski definition) is 2. The van der Waals surface area contributed by atoms with Gasteiger partial charge in [-0.25, -0.2) is 0 Å². The Hall–Kier alpha value is -0.160. The molecule has 0 aliphatic carbocycles. The van der Waals surface area contributed by atoms with Crippen LogP contribution in [0.15, 0.2) is 0 Å². The van der Waals surface area contributed by atoms with E-state index in [0.29, 0.717) is 19.1 Å². The second kappa shape index (κ2) is 6.55. The fraction of sp³-hybridized carbons (Fsp3) is 1.00. The molecule has 1 fully saturated rings. The summed E-state index contributed by atoms with van der Waals surface area (Å²) in [5, 5.41) is 13.5. The smallest absolute Gasteiger partial charge is 0.0817 e. The molecule has 0 radical (unpaired) electrons. The molecule has 0 spiro atoms. The van der Waals surface area contributed by atoms with Crippen molar-refractivity contribution in [3.63, 3.8) is 0 Å². The lowest BCUT2D eigenvalue weighted by Gasteiger charge is -2.36. The molecule has 0 aromatic heterocycles. The third-order valence-corrected chi connectivity index (χ3v) is 3.16. The minimum Gasteiger partial charge on any atom is -0.388 e. The van der Waals surface area contributed by atoms with E-state index in [-0.39, 0.29) is 0 Å². The molecule has 1 atom stereocenters. The topological polar surface area (TPSA) is 44.7 Å². The Morgan fingerprint density at radius 3 is 2.62 bits per heavy atom. The maximum absolute atomic E-state index is 10.3. The lowest BCUT2D eigenvalue weighted by atomic mass is 9.93. The largest absolute Gasteiger partial charge is 0.388 e. The second-order valence-electron chi connectivity index (χ2n) is 5.20. The van der Waals surface area contributed by atoms with Crippen LogP contribution in [0.1, 0.15) is 19.8 Å². The van der Waals surface area contributed by atoms with Gasteiger partial charge in [0.1, 0.15) is 0 Å². The normalized spacial score (nSPS) is 22.3. The number of hydrogen-bond acceptors (Lipinski definition) is 4. The third-order valence-electron chi connectivity index (χ3n) is 3.16. The molecule has 16 heavy (non-hydrogen) atoms. The SMILES string of the molecule is CNCC(C)CN(C)CC1(O)CCOCC1. The quantitative estimate of drug-likeness (QED) is 0.689. The summed E-state index contributed by atoms with van der Waals surface area (Å²) < 4.78 is 5.28. The van der Waals surface area contributed by atoms with E-state index < -0.39 is 5.60 Å². The van der Waals surface area contributed by atoms with Crippen molar-refractivity contribution in [3.05, 3.63) is 0 Å². The van der Waals surface area contributed by atoms with Crippen LogP contribution < -0.4 is 5.32 Å². The van der Waals surface area contributed by atoms with Crippen molar-refractivity contribution in [2.75, 3.05) is 46.9 Å². The van der Waals surface area contributed by atoms with Gasteiger partial charge in [-0.05, 0) is 26.6 Å². The standard InChI is InChI=1S/C12H26N2O2/c1-11(8-13-2)9-14(3)10-12(15)4-6-16-7-5-12/h11,13,15H,4-10H2,1-3H3. The van der Waals surface area contributed by atoms with E-state index in [1.54, 1.807) is 0 Å². The van der Waals surface area contributed by atoms with Crippen LogP contribution in [0.5, 0.6) is 0 Å². The minimum atomic E-state index is -0.535. The van der Waals surface area contributed by atoms with E-state index in [9.17, 15) is 5.11 Å². The average Bonchev–Trinajstić information content (AvgIpc) is 2.17. The Labute approximate surface area is 99.0 Å². The van der Waals surface area contributed by atoms with Crippen molar-refractivity contribution in [2.45, 2.75) is 25.4 Å². The molecule has 1 saturated heterocycles. The molecule has 0 saturated carbocycles. The fourth-order valence-electron chi connectivity index (χ4n) is 2.42. The van der Waals surface area contributed by atoms with Gasteiger partial charge in [0.05, 0.1) is 5.60 Å². The lowest BCUT2D eigenvalue weighted by Crippen LogP contribution is -2.47. The molecule has 96 valence electrons. The molecule has 4 heteroatoms. The molecule has 0 amide bonds. The number of rotatable bonds is 6. The monoisotopic (exact) mass is 230 g/mol. The summed E-state index contributed by atoms with van der Waals surface area (Å²) in [5.74, 6) is 0.610. The van der Waals surface area contributed by atoms with Gasteiger partial charge in [0, 0.05) is 39.1 Å². The van der Waals surface area contributed by atoms with E-state index in [1.807, 2.05) is 7.05 Å². The zero-order chi connectivity index (χ0) is 12.0. The Morgan fingerprint density at radius 1 is 1.44 bits per heavy atom. The van der Waals surface area contributed by atoms with E-state index in [1.165, 1.54) is 0 Å². The summed E-state index contributed by atoms with van der Waals surface area (Å²) in [7, 11) is 4.06. The molecular weight excluding hydrogens is 204 g/mol. The molecule has 2 N–H and O–H groups in total. The van der Waals surface area contributed by atoms with Crippen molar-refractivity contribution in [1.82, 2.24) is 10.2 Å². The summed E-state index contributed by atoms with van der Waals surface area (Å²) in [6, 6.07) is 0. The first-order chi connectivity index (χ1) is 7.56. The summed E-state index contributed by atoms with van der Waals surface area (Å²) in [6.45, 7) is 6.40. The molecule has 0 aromatic rings. The second-order valence-corrected chi connectivity index (χ2v) is 5.20. The van der Waals surface area contributed by atoms with Crippen LogP contribution >= 0.6 is 0 Å². The van der Waals surface area contributed by atoms with Gasteiger partial charge in [-0.15, -0.1) is 0 Å². The van der Waals surface area contributed by atoms with Crippen LogP contribution in [0.2, 0.25) is 0 Å². The molecular formula is C12H26N2O2. The van der Waals surface area contributed by atoms with Crippen LogP contribution in [0, 0.1) is 5.92 Å².